The highest BCUT2D eigenvalue weighted by Crippen LogP contribution is 2.33. The maximum Gasteiger partial charge on any atom is 0.303 e. The van der Waals surface area contributed by atoms with Crippen LogP contribution in [0.5, 0.6) is 5.75 Å². The highest BCUT2D eigenvalue weighted by Gasteiger charge is 2.21. The van der Waals surface area contributed by atoms with Crippen molar-refractivity contribution >= 4 is 5.97 Å². The SMILES string of the molecule is CCCc1ccc(-c2ccc(OCCCCCCCCCCC(=O)O)c(F)c2F)c(F)c1F. The minimum atomic E-state index is -1.27. The molecule has 33 heavy (non-hydrogen) atoms. The molecule has 0 fully saturated rings. The molecule has 2 aromatic rings. The molecule has 0 amide bonds. The molecule has 1 N–H and O–H groups in total. The molecule has 2 rings (SSSR count). The molecule has 0 aromatic heterocycles. The number of halogens is 4. The number of aliphatic carboxylic acids is 1. The molecule has 7 heteroatoms. The predicted molar refractivity (Wildman–Crippen MR) is 120 cm³/mol. The predicted octanol–water partition coefficient (Wildman–Crippen LogP) is 7.84. The first-order chi connectivity index (χ1) is 15.9. The van der Waals surface area contributed by atoms with E-state index in [9.17, 15) is 22.4 Å². The molecule has 0 atom stereocenters. The van der Waals surface area contributed by atoms with Crippen LogP contribution >= 0.6 is 0 Å². The smallest absolute Gasteiger partial charge is 0.303 e. The number of benzene rings is 2. The zero-order valence-electron chi connectivity index (χ0n) is 19.1. The van der Waals surface area contributed by atoms with Crippen LogP contribution in [0.15, 0.2) is 24.3 Å². The lowest BCUT2D eigenvalue weighted by atomic mass is 10.00. The summed E-state index contributed by atoms with van der Waals surface area (Å²) in [6.45, 7) is 2.07. The number of ether oxygens (including phenoxy) is 1. The van der Waals surface area contributed by atoms with Crippen molar-refractivity contribution in [2.75, 3.05) is 6.61 Å². The van der Waals surface area contributed by atoms with Crippen molar-refractivity contribution in [3.05, 3.63) is 53.1 Å². The summed E-state index contributed by atoms with van der Waals surface area (Å²) in [5, 5.41) is 8.58. The van der Waals surface area contributed by atoms with E-state index in [1.54, 1.807) is 0 Å². The second-order valence-electron chi connectivity index (χ2n) is 8.21. The Bertz CT molecular complexity index is 915. The monoisotopic (exact) mass is 468 g/mol. The highest BCUT2D eigenvalue weighted by molar-refractivity contribution is 5.67. The number of carbonyl (C=O) groups is 1. The number of unbranched alkanes of at least 4 members (excludes halogenated alkanes) is 7. The molecule has 0 unspecified atom stereocenters. The van der Waals surface area contributed by atoms with E-state index in [1.807, 2.05) is 6.92 Å². The number of rotatable bonds is 15. The lowest BCUT2D eigenvalue weighted by molar-refractivity contribution is -0.137. The van der Waals surface area contributed by atoms with Crippen molar-refractivity contribution in [2.24, 2.45) is 0 Å². The van der Waals surface area contributed by atoms with Crippen LogP contribution in [0.1, 0.15) is 76.7 Å². The standard InChI is InChI=1S/C26H32F4O3/c1-2-11-18-13-14-19(24(28)23(18)27)20-15-16-21(26(30)25(20)29)33-17-10-8-6-4-3-5-7-9-12-22(31)32/h13-16H,2-12,17H2,1H3,(H,31,32). The molecule has 0 radical (unpaired) electrons. The Morgan fingerprint density at radius 3 is 1.91 bits per heavy atom. The number of aryl methyl sites for hydroxylation is 1. The van der Waals surface area contributed by atoms with E-state index in [2.05, 4.69) is 0 Å². The summed E-state index contributed by atoms with van der Waals surface area (Å²) < 4.78 is 63.0. The summed E-state index contributed by atoms with van der Waals surface area (Å²) in [5.74, 6) is -5.71. The van der Waals surface area contributed by atoms with Gasteiger partial charge in [0.25, 0.3) is 0 Å². The molecule has 0 bridgehead atoms. The van der Waals surface area contributed by atoms with Crippen molar-refractivity contribution in [3.63, 3.8) is 0 Å². The lowest BCUT2D eigenvalue weighted by Gasteiger charge is -2.12. The van der Waals surface area contributed by atoms with E-state index in [-0.39, 0.29) is 35.5 Å². The van der Waals surface area contributed by atoms with Gasteiger partial charge in [-0.1, -0.05) is 64.0 Å². The Morgan fingerprint density at radius 1 is 0.758 bits per heavy atom. The summed E-state index contributed by atoms with van der Waals surface area (Å²) in [7, 11) is 0. The van der Waals surface area contributed by atoms with Gasteiger partial charge in [-0.2, -0.15) is 4.39 Å². The average Bonchev–Trinajstić information content (AvgIpc) is 2.78. The zero-order chi connectivity index (χ0) is 24.2. The number of hydrogen-bond donors (Lipinski definition) is 1. The fourth-order valence-electron chi connectivity index (χ4n) is 3.73. The van der Waals surface area contributed by atoms with Crippen LogP contribution in [0.25, 0.3) is 11.1 Å². The molecule has 0 heterocycles. The van der Waals surface area contributed by atoms with Crippen molar-refractivity contribution in [3.8, 4) is 16.9 Å². The van der Waals surface area contributed by atoms with Gasteiger partial charge in [-0.15, -0.1) is 0 Å². The Kier molecular flexibility index (Phi) is 11.2. The molecule has 0 aliphatic carbocycles. The van der Waals surface area contributed by atoms with Gasteiger partial charge < -0.3 is 9.84 Å². The van der Waals surface area contributed by atoms with E-state index in [4.69, 9.17) is 9.84 Å². The summed E-state index contributed by atoms with van der Waals surface area (Å²) >= 11 is 0. The van der Waals surface area contributed by atoms with Gasteiger partial charge in [0.1, 0.15) is 0 Å². The van der Waals surface area contributed by atoms with E-state index in [0.29, 0.717) is 25.7 Å². The molecule has 2 aromatic carbocycles. The molecular formula is C26H32F4O3. The zero-order valence-corrected chi connectivity index (χ0v) is 19.1. The topological polar surface area (TPSA) is 46.5 Å². The molecule has 3 nitrogen and oxygen atoms in total. The fraction of sp³-hybridized carbons (Fsp3) is 0.500. The Morgan fingerprint density at radius 2 is 1.30 bits per heavy atom. The third-order valence-electron chi connectivity index (χ3n) is 5.56. The van der Waals surface area contributed by atoms with Crippen LogP contribution in [-0.4, -0.2) is 17.7 Å². The third kappa shape index (κ3) is 8.06. The molecule has 0 spiro atoms. The quantitative estimate of drug-likeness (QED) is 0.214. The average molecular weight is 469 g/mol. The van der Waals surface area contributed by atoms with E-state index in [1.165, 1.54) is 24.3 Å². The van der Waals surface area contributed by atoms with E-state index < -0.39 is 29.2 Å². The van der Waals surface area contributed by atoms with Gasteiger partial charge in [0.15, 0.2) is 23.2 Å². The maximum absolute atomic E-state index is 14.6. The first-order valence-electron chi connectivity index (χ1n) is 11.7. The summed E-state index contributed by atoms with van der Waals surface area (Å²) in [4.78, 5) is 10.4. The van der Waals surface area contributed by atoms with Crippen LogP contribution < -0.4 is 4.74 Å². The summed E-state index contributed by atoms with van der Waals surface area (Å²) in [5.41, 5.74) is -0.460. The van der Waals surface area contributed by atoms with Gasteiger partial charge in [0.05, 0.1) is 6.61 Å². The third-order valence-corrected chi connectivity index (χ3v) is 5.56. The molecule has 0 aliphatic heterocycles. The van der Waals surface area contributed by atoms with Gasteiger partial charge in [-0.05, 0) is 37.0 Å². The minimum absolute atomic E-state index is 0.206. The van der Waals surface area contributed by atoms with Crippen molar-refractivity contribution in [2.45, 2.75) is 77.6 Å². The fourth-order valence-corrected chi connectivity index (χ4v) is 3.73. The second-order valence-corrected chi connectivity index (χ2v) is 8.21. The van der Waals surface area contributed by atoms with Crippen molar-refractivity contribution in [1.29, 1.82) is 0 Å². The normalized spacial score (nSPS) is 11.1. The summed E-state index contributed by atoms with van der Waals surface area (Å²) in [6.07, 6.45) is 8.45. The first kappa shape index (κ1) is 26.7. The summed E-state index contributed by atoms with van der Waals surface area (Å²) in [6, 6.07) is 5.11. The van der Waals surface area contributed by atoms with E-state index in [0.717, 1.165) is 38.5 Å². The number of carboxylic acid groups (broad SMARTS) is 1. The van der Waals surface area contributed by atoms with Crippen LogP contribution in [0.4, 0.5) is 17.6 Å². The number of carboxylic acids is 1. The Hall–Kier alpha value is -2.57. The van der Waals surface area contributed by atoms with Gasteiger partial charge in [0, 0.05) is 17.5 Å². The van der Waals surface area contributed by atoms with Crippen LogP contribution in [-0.2, 0) is 11.2 Å². The van der Waals surface area contributed by atoms with Crippen LogP contribution in [0, 0.1) is 23.3 Å². The van der Waals surface area contributed by atoms with Gasteiger partial charge in [-0.25, -0.2) is 13.2 Å². The Balaban J connectivity index is 1.81. The molecule has 0 saturated carbocycles. The highest BCUT2D eigenvalue weighted by atomic mass is 19.2. The van der Waals surface area contributed by atoms with Gasteiger partial charge in [-0.3, -0.25) is 4.79 Å². The van der Waals surface area contributed by atoms with Gasteiger partial charge in [0.2, 0.25) is 5.82 Å². The van der Waals surface area contributed by atoms with Crippen molar-refractivity contribution in [1.82, 2.24) is 0 Å². The molecule has 0 saturated heterocycles. The molecule has 0 aliphatic rings. The second kappa shape index (κ2) is 13.9. The largest absolute Gasteiger partial charge is 0.490 e. The minimum Gasteiger partial charge on any atom is -0.490 e. The van der Waals surface area contributed by atoms with Crippen molar-refractivity contribution < 1.29 is 32.2 Å². The Labute approximate surface area is 192 Å². The van der Waals surface area contributed by atoms with Crippen LogP contribution in [0.3, 0.4) is 0 Å². The molecule has 182 valence electrons. The van der Waals surface area contributed by atoms with E-state index >= 15 is 0 Å². The lowest BCUT2D eigenvalue weighted by Crippen LogP contribution is -2.03. The maximum atomic E-state index is 14.6. The first-order valence-corrected chi connectivity index (χ1v) is 11.7. The van der Waals surface area contributed by atoms with Crippen LogP contribution in [0.2, 0.25) is 0 Å². The number of hydrogen-bond acceptors (Lipinski definition) is 2. The molecular weight excluding hydrogens is 436 g/mol. The van der Waals surface area contributed by atoms with Gasteiger partial charge >= 0.3 is 5.97 Å².